The quantitative estimate of drug-likeness (QED) is 0.627. The van der Waals surface area contributed by atoms with Gasteiger partial charge >= 0.3 is 0 Å². The Kier molecular flexibility index (Phi) is 7.98. The number of nitrogens with one attached hydrogen (secondary N) is 1. The van der Waals surface area contributed by atoms with E-state index in [0.717, 1.165) is 16.0 Å². The Morgan fingerprint density at radius 3 is 2.30 bits per heavy atom. The number of rotatable bonds is 9. The molecular formula is C21H26BrNO4. The van der Waals surface area contributed by atoms with Gasteiger partial charge in [0.25, 0.3) is 5.91 Å². The first-order valence-corrected chi connectivity index (χ1v) is 9.66. The van der Waals surface area contributed by atoms with E-state index in [-0.39, 0.29) is 18.6 Å². The first kappa shape index (κ1) is 21.1. The van der Waals surface area contributed by atoms with Gasteiger partial charge in [0.1, 0.15) is 23.9 Å². The monoisotopic (exact) mass is 435 g/mol. The summed E-state index contributed by atoms with van der Waals surface area (Å²) >= 11 is 3.49. The molecular weight excluding hydrogens is 410 g/mol. The molecule has 0 radical (unpaired) electrons. The van der Waals surface area contributed by atoms with Gasteiger partial charge in [-0.2, -0.15) is 0 Å². The molecule has 2 aromatic rings. The molecule has 0 fully saturated rings. The van der Waals surface area contributed by atoms with E-state index in [1.807, 2.05) is 49.4 Å². The molecule has 2 aromatic carbocycles. The summed E-state index contributed by atoms with van der Waals surface area (Å²) in [5.41, 5.74) is 1.21. The third-order valence-electron chi connectivity index (χ3n) is 3.95. The van der Waals surface area contributed by atoms with E-state index >= 15 is 0 Å². The fourth-order valence-electron chi connectivity index (χ4n) is 2.39. The topological polar surface area (TPSA) is 56.8 Å². The predicted molar refractivity (Wildman–Crippen MR) is 110 cm³/mol. The van der Waals surface area contributed by atoms with Crippen LogP contribution in [-0.4, -0.2) is 32.3 Å². The second kappa shape index (κ2) is 10.2. The molecule has 0 aromatic heterocycles. The van der Waals surface area contributed by atoms with Crippen molar-refractivity contribution in [3.8, 4) is 17.2 Å². The second-order valence-electron chi connectivity index (χ2n) is 6.59. The lowest BCUT2D eigenvalue weighted by atomic mass is 10.0. The Morgan fingerprint density at radius 2 is 1.70 bits per heavy atom. The number of methoxy groups -OCH3 is 1. The summed E-state index contributed by atoms with van der Waals surface area (Å²) < 4.78 is 17.2. The Bertz CT molecular complexity index is 746. The molecule has 146 valence electrons. The molecule has 0 aliphatic carbocycles. The van der Waals surface area contributed by atoms with Crippen LogP contribution in [0.15, 0.2) is 46.9 Å². The van der Waals surface area contributed by atoms with Gasteiger partial charge in [-0.25, -0.2) is 0 Å². The molecule has 0 heterocycles. The average molecular weight is 436 g/mol. The molecule has 2 rings (SSSR count). The number of carbonyl (C=O) groups excluding carboxylic acids is 1. The highest BCUT2D eigenvalue weighted by atomic mass is 79.9. The van der Waals surface area contributed by atoms with Crippen LogP contribution < -0.4 is 19.5 Å². The lowest BCUT2D eigenvalue weighted by Crippen LogP contribution is -2.39. The Morgan fingerprint density at radius 1 is 1.04 bits per heavy atom. The normalized spacial score (nSPS) is 11.8. The number of benzene rings is 2. The molecule has 0 spiro atoms. The van der Waals surface area contributed by atoms with E-state index < -0.39 is 0 Å². The van der Waals surface area contributed by atoms with Crippen LogP contribution in [0.25, 0.3) is 0 Å². The van der Waals surface area contributed by atoms with Crippen LogP contribution in [0.4, 0.5) is 0 Å². The third kappa shape index (κ3) is 6.79. The molecule has 0 aliphatic rings. The van der Waals surface area contributed by atoms with Crippen molar-refractivity contribution in [3.05, 3.63) is 52.5 Å². The molecule has 1 amide bonds. The number of halogens is 1. The standard InChI is InChI=1S/C21H26BrNO4/c1-14(2)16-5-10-20(19(22)11-16)27-13-21(24)23-15(3)12-26-18-8-6-17(25-4)7-9-18/h5-11,14-15H,12-13H2,1-4H3,(H,23,24). The molecule has 0 saturated heterocycles. The highest BCUT2D eigenvalue weighted by Crippen LogP contribution is 2.28. The molecule has 1 atom stereocenters. The van der Waals surface area contributed by atoms with E-state index in [2.05, 4.69) is 35.1 Å². The van der Waals surface area contributed by atoms with Crippen LogP contribution in [0.5, 0.6) is 17.2 Å². The summed E-state index contributed by atoms with van der Waals surface area (Å²) in [5.74, 6) is 2.39. The Hall–Kier alpha value is -2.21. The third-order valence-corrected chi connectivity index (χ3v) is 4.57. The van der Waals surface area contributed by atoms with Crippen LogP contribution >= 0.6 is 15.9 Å². The van der Waals surface area contributed by atoms with Crippen molar-refractivity contribution in [2.24, 2.45) is 0 Å². The maximum atomic E-state index is 12.1. The van der Waals surface area contributed by atoms with Gasteiger partial charge in [-0.1, -0.05) is 19.9 Å². The summed E-state index contributed by atoms with van der Waals surface area (Å²) in [4.78, 5) is 12.1. The van der Waals surface area contributed by atoms with Crippen LogP contribution in [0.1, 0.15) is 32.3 Å². The number of carbonyl (C=O) groups is 1. The maximum absolute atomic E-state index is 12.1. The van der Waals surface area contributed by atoms with Crippen LogP contribution in [0.3, 0.4) is 0 Å². The molecule has 0 aliphatic heterocycles. The van der Waals surface area contributed by atoms with E-state index in [1.165, 1.54) is 5.56 Å². The molecule has 1 unspecified atom stereocenters. The Balaban J connectivity index is 1.76. The van der Waals surface area contributed by atoms with Crippen molar-refractivity contribution in [3.63, 3.8) is 0 Å². The van der Waals surface area contributed by atoms with Gasteiger partial charge in [0.15, 0.2) is 6.61 Å². The molecule has 0 saturated carbocycles. The van der Waals surface area contributed by atoms with Crippen molar-refractivity contribution in [2.45, 2.75) is 32.7 Å². The van der Waals surface area contributed by atoms with Gasteiger partial charge in [0.05, 0.1) is 17.6 Å². The van der Waals surface area contributed by atoms with Gasteiger partial charge < -0.3 is 19.5 Å². The van der Waals surface area contributed by atoms with Crippen molar-refractivity contribution in [1.82, 2.24) is 5.32 Å². The first-order valence-electron chi connectivity index (χ1n) is 8.87. The van der Waals surface area contributed by atoms with Crippen LogP contribution in [-0.2, 0) is 4.79 Å². The fourth-order valence-corrected chi connectivity index (χ4v) is 2.90. The fraction of sp³-hybridized carbons (Fsp3) is 0.381. The summed E-state index contributed by atoms with van der Waals surface area (Å²) in [7, 11) is 1.62. The number of amides is 1. The van der Waals surface area contributed by atoms with Crippen molar-refractivity contribution in [1.29, 1.82) is 0 Å². The average Bonchev–Trinajstić information content (AvgIpc) is 2.65. The Labute approximate surface area is 169 Å². The summed E-state index contributed by atoms with van der Waals surface area (Å²) in [5, 5.41) is 2.86. The van der Waals surface area contributed by atoms with Crippen molar-refractivity contribution >= 4 is 21.8 Å². The summed E-state index contributed by atoms with van der Waals surface area (Å²) in [6.07, 6.45) is 0. The largest absolute Gasteiger partial charge is 0.497 e. The van der Waals surface area contributed by atoms with Crippen molar-refractivity contribution in [2.75, 3.05) is 20.3 Å². The second-order valence-corrected chi connectivity index (χ2v) is 7.44. The zero-order chi connectivity index (χ0) is 19.8. The summed E-state index contributed by atoms with van der Waals surface area (Å²) in [6, 6.07) is 13.1. The lowest BCUT2D eigenvalue weighted by molar-refractivity contribution is -0.123. The van der Waals surface area contributed by atoms with E-state index in [9.17, 15) is 4.79 Å². The SMILES string of the molecule is COc1ccc(OCC(C)NC(=O)COc2ccc(C(C)C)cc2Br)cc1. The van der Waals surface area contributed by atoms with E-state index in [0.29, 0.717) is 18.3 Å². The predicted octanol–water partition coefficient (Wildman–Crippen LogP) is 4.54. The zero-order valence-corrected chi connectivity index (χ0v) is 17.7. The number of hydrogen-bond donors (Lipinski definition) is 1. The summed E-state index contributed by atoms with van der Waals surface area (Å²) in [6.45, 7) is 6.46. The molecule has 5 nitrogen and oxygen atoms in total. The minimum absolute atomic E-state index is 0.0491. The zero-order valence-electron chi connectivity index (χ0n) is 16.1. The van der Waals surface area contributed by atoms with Gasteiger partial charge in [-0.05, 0) is 70.7 Å². The highest BCUT2D eigenvalue weighted by molar-refractivity contribution is 9.10. The first-order chi connectivity index (χ1) is 12.9. The minimum atomic E-state index is -0.194. The number of ether oxygens (including phenoxy) is 3. The van der Waals surface area contributed by atoms with Gasteiger partial charge in [-0.3, -0.25) is 4.79 Å². The molecule has 1 N–H and O–H groups in total. The molecule has 0 bridgehead atoms. The van der Waals surface area contributed by atoms with Crippen LogP contribution in [0.2, 0.25) is 0 Å². The van der Waals surface area contributed by atoms with Gasteiger partial charge in [0, 0.05) is 0 Å². The van der Waals surface area contributed by atoms with Gasteiger partial charge in [0.2, 0.25) is 0 Å². The highest BCUT2D eigenvalue weighted by Gasteiger charge is 2.11. The number of hydrogen-bond acceptors (Lipinski definition) is 4. The van der Waals surface area contributed by atoms with E-state index in [4.69, 9.17) is 14.2 Å². The van der Waals surface area contributed by atoms with E-state index in [1.54, 1.807) is 7.11 Å². The van der Waals surface area contributed by atoms with Gasteiger partial charge in [-0.15, -0.1) is 0 Å². The smallest absolute Gasteiger partial charge is 0.258 e. The van der Waals surface area contributed by atoms with Crippen LogP contribution in [0, 0.1) is 0 Å². The molecule has 27 heavy (non-hydrogen) atoms. The molecule has 6 heteroatoms. The maximum Gasteiger partial charge on any atom is 0.258 e. The minimum Gasteiger partial charge on any atom is -0.497 e. The van der Waals surface area contributed by atoms with Crippen molar-refractivity contribution < 1.29 is 19.0 Å². The lowest BCUT2D eigenvalue weighted by Gasteiger charge is -2.16.